The van der Waals surface area contributed by atoms with E-state index in [0.29, 0.717) is 12.8 Å². The van der Waals surface area contributed by atoms with Gasteiger partial charge in [0.25, 0.3) is 0 Å². The third-order valence-electron chi connectivity index (χ3n) is 5.19. The van der Waals surface area contributed by atoms with Crippen LogP contribution in [0.4, 0.5) is 0 Å². The highest BCUT2D eigenvalue weighted by molar-refractivity contribution is 5.94. The Kier molecular flexibility index (Phi) is 5.08. The number of amidine groups is 1. The van der Waals surface area contributed by atoms with Crippen molar-refractivity contribution in [2.24, 2.45) is 22.7 Å². The van der Waals surface area contributed by atoms with E-state index in [1.807, 2.05) is 7.05 Å². The summed E-state index contributed by atoms with van der Waals surface area (Å²) >= 11 is 0. The molecule has 0 spiro atoms. The SMILES string of the molecule is CC1CCC(C(=O)NC2(C(N)=NO)CCN(C)CC2)CC1. The van der Waals surface area contributed by atoms with E-state index in [9.17, 15) is 4.79 Å². The highest BCUT2D eigenvalue weighted by Gasteiger charge is 2.41. The van der Waals surface area contributed by atoms with Crippen molar-refractivity contribution < 1.29 is 10.0 Å². The van der Waals surface area contributed by atoms with Crippen molar-refractivity contribution in [3.05, 3.63) is 0 Å². The second-order valence-electron chi connectivity index (χ2n) is 6.82. The van der Waals surface area contributed by atoms with Crippen LogP contribution in [0.15, 0.2) is 5.16 Å². The molecule has 1 heterocycles. The third kappa shape index (κ3) is 3.67. The first-order chi connectivity index (χ1) is 9.97. The molecule has 0 atom stereocenters. The third-order valence-corrected chi connectivity index (χ3v) is 5.19. The van der Waals surface area contributed by atoms with Crippen molar-refractivity contribution in [2.75, 3.05) is 20.1 Å². The van der Waals surface area contributed by atoms with E-state index >= 15 is 0 Å². The van der Waals surface area contributed by atoms with E-state index in [0.717, 1.165) is 44.7 Å². The summed E-state index contributed by atoms with van der Waals surface area (Å²) in [5, 5.41) is 15.4. The van der Waals surface area contributed by atoms with Gasteiger partial charge in [-0.2, -0.15) is 0 Å². The number of nitrogens with two attached hydrogens (primary N) is 1. The van der Waals surface area contributed by atoms with Crippen LogP contribution in [-0.2, 0) is 4.79 Å². The van der Waals surface area contributed by atoms with Gasteiger partial charge in [0.05, 0.1) is 0 Å². The summed E-state index contributed by atoms with van der Waals surface area (Å²) in [6.45, 7) is 3.90. The van der Waals surface area contributed by atoms with Gasteiger partial charge in [0.15, 0.2) is 5.84 Å². The second-order valence-corrected chi connectivity index (χ2v) is 6.82. The molecule has 1 amide bonds. The summed E-state index contributed by atoms with van der Waals surface area (Å²) in [7, 11) is 2.04. The molecule has 0 aromatic rings. The van der Waals surface area contributed by atoms with Gasteiger partial charge in [-0.3, -0.25) is 4.79 Å². The molecule has 0 radical (unpaired) electrons. The van der Waals surface area contributed by atoms with Crippen molar-refractivity contribution in [3.63, 3.8) is 0 Å². The zero-order chi connectivity index (χ0) is 15.5. The first kappa shape index (κ1) is 16.1. The van der Waals surface area contributed by atoms with Crippen molar-refractivity contribution in [1.29, 1.82) is 0 Å². The van der Waals surface area contributed by atoms with Crippen LogP contribution in [0.25, 0.3) is 0 Å². The number of oxime groups is 1. The fourth-order valence-corrected chi connectivity index (χ4v) is 3.40. The molecule has 0 unspecified atom stereocenters. The normalized spacial score (nSPS) is 30.9. The molecule has 2 fully saturated rings. The van der Waals surface area contributed by atoms with Crippen LogP contribution in [0.5, 0.6) is 0 Å². The Hall–Kier alpha value is -1.30. The fraction of sp³-hybridized carbons (Fsp3) is 0.867. The number of likely N-dealkylation sites (tertiary alicyclic amines) is 1. The summed E-state index contributed by atoms with van der Waals surface area (Å²) in [6.07, 6.45) is 5.48. The zero-order valence-corrected chi connectivity index (χ0v) is 13.1. The molecule has 2 rings (SSSR count). The van der Waals surface area contributed by atoms with E-state index in [1.165, 1.54) is 0 Å². The van der Waals surface area contributed by atoms with Crippen LogP contribution < -0.4 is 11.1 Å². The Bertz CT molecular complexity index is 394. The predicted octanol–water partition coefficient (Wildman–Crippen LogP) is 1.14. The number of hydrogen-bond acceptors (Lipinski definition) is 4. The number of piperidine rings is 1. The van der Waals surface area contributed by atoms with Gasteiger partial charge in [-0.15, -0.1) is 0 Å². The number of amides is 1. The standard InChI is InChI=1S/C15H28N4O2/c1-11-3-5-12(6-4-11)13(20)17-15(14(16)18-21)7-9-19(2)10-8-15/h11-12,21H,3-10H2,1-2H3,(H2,16,18)(H,17,20). The minimum Gasteiger partial charge on any atom is -0.409 e. The molecule has 0 aromatic carbocycles. The van der Waals surface area contributed by atoms with Gasteiger partial charge in [-0.25, -0.2) is 0 Å². The predicted molar refractivity (Wildman–Crippen MR) is 82.1 cm³/mol. The van der Waals surface area contributed by atoms with E-state index < -0.39 is 5.54 Å². The van der Waals surface area contributed by atoms with Gasteiger partial charge < -0.3 is 21.2 Å². The van der Waals surface area contributed by atoms with E-state index in [2.05, 4.69) is 22.3 Å². The Morgan fingerprint density at radius 3 is 2.38 bits per heavy atom. The number of carbonyl (C=O) groups excluding carboxylic acids is 1. The lowest BCUT2D eigenvalue weighted by Crippen LogP contribution is -2.63. The lowest BCUT2D eigenvalue weighted by atomic mass is 9.81. The summed E-state index contributed by atoms with van der Waals surface area (Å²) in [6, 6.07) is 0. The van der Waals surface area contributed by atoms with Gasteiger partial charge in [0, 0.05) is 19.0 Å². The van der Waals surface area contributed by atoms with Crippen LogP contribution in [0.2, 0.25) is 0 Å². The Morgan fingerprint density at radius 2 is 1.86 bits per heavy atom. The van der Waals surface area contributed by atoms with Crippen LogP contribution in [0.3, 0.4) is 0 Å². The van der Waals surface area contributed by atoms with Crippen LogP contribution in [0, 0.1) is 11.8 Å². The van der Waals surface area contributed by atoms with E-state index in [1.54, 1.807) is 0 Å². The van der Waals surface area contributed by atoms with Crippen LogP contribution >= 0.6 is 0 Å². The molecule has 1 aliphatic carbocycles. The minimum absolute atomic E-state index is 0.0676. The van der Waals surface area contributed by atoms with Gasteiger partial charge >= 0.3 is 0 Å². The molecule has 1 aliphatic heterocycles. The minimum atomic E-state index is -0.679. The van der Waals surface area contributed by atoms with Crippen molar-refractivity contribution in [1.82, 2.24) is 10.2 Å². The average molecular weight is 296 g/mol. The summed E-state index contributed by atoms with van der Waals surface area (Å²) in [5.41, 5.74) is 5.22. The van der Waals surface area contributed by atoms with Gasteiger partial charge in [-0.05, 0) is 51.5 Å². The maximum atomic E-state index is 12.6. The zero-order valence-electron chi connectivity index (χ0n) is 13.1. The monoisotopic (exact) mass is 296 g/mol. The molecule has 6 heteroatoms. The van der Waals surface area contributed by atoms with Crippen LogP contribution in [0.1, 0.15) is 45.4 Å². The topological polar surface area (TPSA) is 91.0 Å². The summed E-state index contributed by atoms with van der Waals surface area (Å²) < 4.78 is 0. The Balaban J connectivity index is 2.03. The van der Waals surface area contributed by atoms with Gasteiger partial charge in [0.1, 0.15) is 5.54 Å². The lowest BCUT2D eigenvalue weighted by molar-refractivity contribution is -0.127. The van der Waals surface area contributed by atoms with Crippen molar-refractivity contribution in [3.8, 4) is 0 Å². The maximum Gasteiger partial charge on any atom is 0.223 e. The average Bonchev–Trinajstić information content (AvgIpc) is 2.49. The quantitative estimate of drug-likeness (QED) is 0.315. The Labute approximate surface area is 126 Å². The molecule has 6 nitrogen and oxygen atoms in total. The number of hydrogen-bond donors (Lipinski definition) is 3. The first-order valence-corrected chi connectivity index (χ1v) is 7.95. The molecule has 21 heavy (non-hydrogen) atoms. The molecule has 0 bridgehead atoms. The van der Waals surface area contributed by atoms with Crippen LogP contribution in [-0.4, -0.2) is 47.5 Å². The van der Waals surface area contributed by atoms with Crippen molar-refractivity contribution in [2.45, 2.75) is 51.0 Å². The van der Waals surface area contributed by atoms with E-state index in [-0.39, 0.29) is 17.7 Å². The highest BCUT2D eigenvalue weighted by atomic mass is 16.4. The Morgan fingerprint density at radius 1 is 1.29 bits per heavy atom. The fourth-order valence-electron chi connectivity index (χ4n) is 3.40. The lowest BCUT2D eigenvalue weighted by Gasteiger charge is -2.41. The molecular weight excluding hydrogens is 268 g/mol. The largest absolute Gasteiger partial charge is 0.409 e. The number of nitrogens with zero attached hydrogens (tertiary/aromatic N) is 2. The summed E-state index contributed by atoms with van der Waals surface area (Å²) in [4.78, 5) is 14.8. The highest BCUT2D eigenvalue weighted by Crippen LogP contribution is 2.30. The first-order valence-electron chi connectivity index (χ1n) is 7.95. The summed E-state index contributed by atoms with van der Waals surface area (Å²) in [5.74, 6) is 0.991. The van der Waals surface area contributed by atoms with Gasteiger partial charge in [0.2, 0.25) is 5.91 Å². The molecule has 1 saturated heterocycles. The molecule has 1 saturated carbocycles. The van der Waals surface area contributed by atoms with E-state index in [4.69, 9.17) is 10.9 Å². The maximum absolute atomic E-state index is 12.6. The number of rotatable bonds is 3. The number of carbonyl (C=O) groups is 1. The molecule has 0 aromatic heterocycles. The molecule has 120 valence electrons. The molecule has 2 aliphatic rings. The number of nitrogens with one attached hydrogen (secondary N) is 1. The molecular formula is C15H28N4O2. The molecule has 4 N–H and O–H groups in total. The van der Waals surface area contributed by atoms with Crippen molar-refractivity contribution >= 4 is 11.7 Å². The van der Waals surface area contributed by atoms with Gasteiger partial charge in [-0.1, -0.05) is 12.1 Å². The second kappa shape index (κ2) is 6.64. The smallest absolute Gasteiger partial charge is 0.223 e.